The van der Waals surface area contributed by atoms with E-state index in [1.165, 1.54) is 6.08 Å². The zero-order valence-electron chi connectivity index (χ0n) is 10.3. The van der Waals surface area contributed by atoms with E-state index in [0.29, 0.717) is 17.0 Å². The van der Waals surface area contributed by atoms with Gasteiger partial charge in [-0.15, -0.1) is 0 Å². The van der Waals surface area contributed by atoms with E-state index in [1.54, 1.807) is 12.1 Å². The molecule has 3 amide bonds. The van der Waals surface area contributed by atoms with Gasteiger partial charge in [0.25, 0.3) is 5.91 Å². The molecule has 20 heavy (non-hydrogen) atoms. The number of carbonyl (C=O) groups is 3. The van der Waals surface area contributed by atoms with Crippen molar-refractivity contribution in [3.05, 3.63) is 28.6 Å². The molecule has 2 rings (SSSR count). The molecule has 0 atom stereocenters. The quantitative estimate of drug-likeness (QED) is 0.654. The van der Waals surface area contributed by atoms with Gasteiger partial charge < -0.3 is 14.5 Å². The van der Waals surface area contributed by atoms with Gasteiger partial charge in [0, 0.05) is 19.2 Å². The minimum absolute atomic E-state index is 0.283. The van der Waals surface area contributed by atoms with Gasteiger partial charge in [-0.3, -0.25) is 9.69 Å². The van der Waals surface area contributed by atoms with E-state index >= 15 is 0 Å². The van der Waals surface area contributed by atoms with Crippen LogP contribution in [0.3, 0.4) is 0 Å². The minimum atomic E-state index is -0.689. The van der Waals surface area contributed by atoms with Gasteiger partial charge in [-0.2, -0.15) is 0 Å². The third-order valence-electron chi connectivity index (χ3n) is 2.47. The van der Waals surface area contributed by atoms with Gasteiger partial charge in [-0.1, -0.05) is 0 Å². The topological polar surface area (TPSA) is 88.8 Å². The van der Waals surface area contributed by atoms with Crippen LogP contribution >= 0.6 is 15.9 Å². The summed E-state index contributed by atoms with van der Waals surface area (Å²) in [5, 5.41) is 2.48. The molecule has 0 unspecified atom stereocenters. The van der Waals surface area contributed by atoms with Crippen LogP contribution in [0.1, 0.15) is 5.76 Å². The molecule has 1 saturated heterocycles. The summed E-state index contributed by atoms with van der Waals surface area (Å²) < 4.78 is 10.4. The lowest BCUT2D eigenvalue weighted by molar-refractivity contribution is -0.146. The monoisotopic (exact) mass is 342 g/mol. The second-order valence-corrected chi connectivity index (χ2v) is 4.64. The van der Waals surface area contributed by atoms with Crippen molar-refractivity contribution in [2.24, 2.45) is 0 Å². The Morgan fingerprint density at radius 3 is 2.90 bits per heavy atom. The first-order valence-corrected chi connectivity index (χ1v) is 6.54. The van der Waals surface area contributed by atoms with E-state index in [1.807, 2.05) is 0 Å². The lowest BCUT2D eigenvalue weighted by atomic mass is 10.4. The molecular weight excluding hydrogens is 332 g/mol. The molecular formula is C12H11BrN2O5. The van der Waals surface area contributed by atoms with E-state index in [9.17, 15) is 14.4 Å². The molecule has 1 N–H and O–H groups in total. The first-order valence-electron chi connectivity index (χ1n) is 5.74. The number of imide groups is 1. The van der Waals surface area contributed by atoms with Gasteiger partial charge in [0.15, 0.2) is 11.3 Å². The van der Waals surface area contributed by atoms with Crippen LogP contribution in [0.15, 0.2) is 27.3 Å². The SMILES string of the molecule is O=C(/C=C/c1ccc(Br)o1)OCC(=O)N1CCNC1=O. The number of hydrogen-bond donors (Lipinski definition) is 1. The lowest BCUT2D eigenvalue weighted by Gasteiger charge is -2.11. The van der Waals surface area contributed by atoms with Crippen molar-refractivity contribution >= 4 is 39.9 Å². The van der Waals surface area contributed by atoms with Crippen LogP contribution < -0.4 is 5.32 Å². The molecule has 1 aromatic rings. The molecule has 1 aliphatic heterocycles. The summed E-state index contributed by atoms with van der Waals surface area (Å²) in [6.07, 6.45) is 2.56. The van der Waals surface area contributed by atoms with E-state index in [2.05, 4.69) is 21.2 Å². The first-order chi connectivity index (χ1) is 9.56. The number of amides is 3. The maximum Gasteiger partial charge on any atom is 0.331 e. The molecule has 1 fully saturated rings. The fourth-order valence-corrected chi connectivity index (χ4v) is 1.86. The van der Waals surface area contributed by atoms with Crippen LogP contribution in [0, 0.1) is 0 Å². The second kappa shape index (κ2) is 6.38. The Morgan fingerprint density at radius 1 is 1.50 bits per heavy atom. The van der Waals surface area contributed by atoms with Crippen molar-refractivity contribution in [3.8, 4) is 0 Å². The number of esters is 1. The predicted octanol–water partition coefficient (Wildman–Crippen LogP) is 1.15. The normalized spacial score (nSPS) is 14.7. The van der Waals surface area contributed by atoms with Crippen LogP contribution in [0.5, 0.6) is 0 Å². The minimum Gasteiger partial charge on any atom is -0.452 e. The molecule has 0 saturated carbocycles. The molecule has 0 aliphatic carbocycles. The maximum absolute atomic E-state index is 11.6. The largest absolute Gasteiger partial charge is 0.452 e. The fourth-order valence-electron chi connectivity index (χ4n) is 1.54. The summed E-state index contributed by atoms with van der Waals surface area (Å²) in [6, 6.07) is 2.87. The Hall–Kier alpha value is -2.09. The number of ether oxygens (including phenoxy) is 1. The summed E-state index contributed by atoms with van der Waals surface area (Å²) >= 11 is 3.13. The van der Waals surface area contributed by atoms with Gasteiger partial charge >= 0.3 is 12.0 Å². The molecule has 1 aliphatic rings. The number of hydrogen-bond acceptors (Lipinski definition) is 5. The zero-order chi connectivity index (χ0) is 14.5. The lowest BCUT2D eigenvalue weighted by Crippen LogP contribution is -2.37. The van der Waals surface area contributed by atoms with Crippen LogP contribution in [-0.2, 0) is 14.3 Å². The van der Waals surface area contributed by atoms with Crippen molar-refractivity contribution < 1.29 is 23.5 Å². The number of urea groups is 1. The van der Waals surface area contributed by atoms with E-state index in [4.69, 9.17) is 9.15 Å². The van der Waals surface area contributed by atoms with E-state index in [0.717, 1.165) is 11.0 Å². The molecule has 0 bridgehead atoms. The van der Waals surface area contributed by atoms with Crippen molar-refractivity contribution in [3.63, 3.8) is 0 Å². The van der Waals surface area contributed by atoms with Crippen LogP contribution in [-0.4, -0.2) is 42.5 Å². The summed E-state index contributed by atoms with van der Waals surface area (Å²) in [5.41, 5.74) is 0. The highest BCUT2D eigenvalue weighted by Crippen LogP contribution is 2.14. The Balaban J connectivity index is 1.79. The fraction of sp³-hybridized carbons (Fsp3) is 0.250. The van der Waals surface area contributed by atoms with Gasteiger partial charge in [0.1, 0.15) is 5.76 Å². The van der Waals surface area contributed by atoms with Crippen molar-refractivity contribution in [1.29, 1.82) is 0 Å². The van der Waals surface area contributed by atoms with Gasteiger partial charge in [0.05, 0.1) is 0 Å². The van der Waals surface area contributed by atoms with E-state index in [-0.39, 0.29) is 6.54 Å². The van der Waals surface area contributed by atoms with Gasteiger partial charge in [0.2, 0.25) is 0 Å². The average molecular weight is 343 g/mol. The second-order valence-electron chi connectivity index (χ2n) is 3.86. The Kier molecular flexibility index (Phi) is 4.57. The number of nitrogens with one attached hydrogen (secondary N) is 1. The number of carbonyl (C=O) groups excluding carboxylic acids is 3. The summed E-state index contributed by atoms with van der Waals surface area (Å²) in [7, 11) is 0. The highest BCUT2D eigenvalue weighted by atomic mass is 79.9. The average Bonchev–Trinajstić information content (AvgIpc) is 3.02. The Bertz CT molecular complexity index is 566. The van der Waals surface area contributed by atoms with Crippen LogP contribution in [0.2, 0.25) is 0 Å². The zero-order valence-corrected chi connectivity index (χ0v) is 11.9. The number of rotatable bonds is 4. The third-order valence-corrected chi connectivity index (χ3v) is 2.90. The highest BCUT2D eigenvalue weighted by molar-refractivity contribution is 9.10. The Morgan fingerprint density at radius 2 is 2.30 bits per heavy atom. The molecule has 1 aromatic heterocycles. The molecule has 0 aromatic carbocycles. The standard InChI is InChI=1S/C12H11BrN2O5/c13-9-3-1-8(20-9)2-4-11(17)19-7-10(16)15-6-5-14-12(15)18/h1-4H,5-7H2,(H,14,18)/b4-2+. The van der Waals surface area contributed by atoms with Gasteiger partial charge in [-0.25, -0.2) is 9.59 Å². The summed E-state index contributed by atoms with van der Waals surface area (Å²) in [5.74, 6) is -0.771. The first kappa shape index (κ1) is 14.3. The summed E-state index contributed by atoms with van der Waals surface area (Å²) in [6.45, 7) is 0.218. The number of halogens is 1. The van der Waals surface area contributed by atoms with Crippen molar-refractivity contribution in [1.82, 2.24) is 10.2 Å². The smallest absolute Gasteiger partial charge is 0.331 e. The molecule has 0 spiro atoms. The number of nitrogens with zero attached hydrogens (tertiary/aromatic N) is 1. The molecule has 0 radical (unpaired) electrons. The van der Waals surface area contributed by atoms with Crippen molar-refractivity contribution in [2.75, 3.05) is 19.7 Å². The van der Waals surface area contributed by atoms with E-state index < -0.39 is 24.5 Å². The maximum atomic E-state index is 11.6. The van der Waals surface area contributed by atoms with Crippen LogP contribution in [0.25, 0.3) is 6.08 Å². The third kappa shape index (κ3) is 3.70. The highest BCUT2D eigenvalue weighted by Gasteiger charge is 2.26. The Labute approximate surface area is 122 Å². The van der Waals surface area contributed by atoms with Crippen molar-refractivity contribution in [2.45, 2.75) is 0 Å². The number of furan rings is 1. The van der Waals surface area contributed by atoms with Crippen LogP contribution in [0.4, 0.5) is 4.79 Å². The molecule has 2 heterocycles. The molecule has 7 nitrogen and oxygen atoms in total. The predicted molar refractivity (Wildman–Crippen MR) is 71.5 cm³/mol. The molecule has 8 heteroatoms. The summed E-state index contributed by atoms with van der Waals surface area (Å²) in [4.78, 5) is 35.2. The van der Waals surface area contributed by atoms with Gasteiger partial charge in [-0.05, 0) is 34.1 Å². The molecule has 106 valence electrons.